The van der Waals surface area contributed by atoms with Gasteiger partial charge in [-0.3, -0.25) is 9.48 Å². The average molecular weight is 268 g/mol. The number of aryl methyl sites for hydroxylation is 1. The number of amides is 1. The molecular weight excluding hydrogens is 244 g/mol. The fourth-order valence-corrected chi connectivity index (χ4v) is 2.09. The van der Waals surface area contributed by atoms with Crippen molar-refractivity contribution in [1.29, 1.82) is 0 Å². The van der Waals surface area contributed by atoms with E-state index < -0.39 is 12.1 Å². The lowest BCUT2D eigenvalue weighted by atomic mass is 10.1. The first-order valence-corrected chi connectivity index (χ1v) is 6.62. The second kappa shape index (κ2) is 6.68. The molecule has 0 radical (unpaired) electrons. The molecule has 0 saturated heterocycles. The van der Waals surface area contributed by atoms with E-state index >= 15 is 0 Å². The van der Waals surface area contributed by atoms with Gasteiger partial charge >= 0.3 is 0 Å². The van der Waals surface area contributed by atoms with E-state index in [1.807, 2.05) is 18.5 Å². The first-order chi connectivity index (χ1) is 8.88. The molecule has 2 atom stereocenters. The maximum Gasteiger partial charge on any atom is 0.239 e. The van der Waals surface area contributed by atoms with Gasteiger partial charge in [0.25, 0.3) is 0 Å². The van der Waals surface area contributed by atoms with E-state index in [4.69, 9.17) is 5.73 Å². The van der Waals surface area contributed by atoms with Crippen LogP contribution in [0, 0.1) is 13.8 Å². The molecule has 0 saturated carbocycles. The van der Waals surface area contributed by atoms with Gasteiger partial charge in [-0.25, -0.2) is 0 Å². The van der Waals surface area contributed by atoms with Crippen molar-refractivity contribution in [3.05, 3.63) is 17.0 Å². The van der Waals surface area contributed by atoms with Gasteiger partial charge < -0.3 is 16.2 Å². The molecule has 0 aliphatic heterocycles. The van der Waals surface area contributed by atoms with Crippen molar-refractivity contribution >= 4 is 5.91 Å². The Morgan fingerprint density at radius 2 is 2.16 bits per heavy atom. The van der Waals surface area contributed by atoms with Crippen molar-refractivity contribution in [2.45, 2.75) is 52.8 Å². The standard InChI is InChI=1S/C13H24N4O2/c1-5-11-8(2)16-17(9(11)3)7-6-15-13(19)12(14)10(4)18/h10,12,18H,5-7,14H2,1-4H3,(H,15,19)/t10-,12+/m1/s1. The van der Waals surface area contributed by atoms with E-state index in [2.05, 4.69) is 17.3 Å². The SMILES string of the molecule is CCc1c(C)nn(CCNC(=O)[C@@H](N)[C@@H](C)O)c1C. The van der Waals surface area contributed by atoms with Crippen LogP contribution in [-0.4, -0.2) is 39.5 Å². The zero-order valence-electron chi connectivity index (χ0n) is 12.1. The molecule has 6 heteroatoms. The topological polar surface area (TPSA) is 93.2 Å². The zero-order valence-corrected chi connectivity index (χ0v) is 12.1. The summed E-state index contributed by atoms with van der Waals surface area (Å²) in [4.78, 5) is 11.6. The quantitative estimate of drug-likeness (QED) is 0.671. The van der Waals surface area contributed by atoms with Crippen molar-refractivity contribution in [2.75, 3.05) is 6.54 Å². The van der Waals surface area contributed by atoms with E-state index in [1.54, 1.807) is 0 Å². The maximum absolute atomic E-state index is 11.6. The normalized spacial score (nSPS) is 14.2. The minimum Gasteiger partial charge on any atom is -0.391 e. The molecule has 1 aromatic heterocycles. The molecule has 0 bridgehead atoms. The van der Waals surface area contributed by atoms with Gasteiger partial charge in [-0.15, -0.1) is 0 Å². The smallest absolute Gasteiger partial charge is 0.239 e. The minimum absolute atomic E-state index is 0.341. The third-order valence-corrected chi connectivity index (χ3v) is 3.33. The number of hydrogen-bond acceptors (Lipinski definition) is 4. The van der Waals surface area contributed by atoms with Gasteiger partial charge in [0.2, 0.25) is 5.91 Å². The van der Waals surface area contributed by atoms with Crippen molar-refractivity contribution < 1.29 is 9.90 Å². The predicted molar refractivity (Wildman–Crippen MR) is 73.7 cm³/mol. The summed E-state index contributed by atoms with van der Waals surface area (Å²) in [6.07, 6.45) is 0.108. The predicted octanol–water partition coefficient (Wildman–Crippen LogP) is -0.113. The van der Waals surface area contributed by atoms with Crippen LogP contribution < -0.4 is 11.1 Å². The Morgan fingerprint density at radius 3 is 2.63 bits per heavy atom. The Bertz CT molecular complexity index is 440. The van der Waals surface area contributed by atoms with E-state index in [9.17, 15) is 9.90 Å². The molecule has 0 aliphatic rings. The summed E-state index contributed by atoms with van der Waals surface area (Å²) in [6, 6.07) is -0.883. The van der Waals surface area contributed by atoms with Gasteiger partial charge in [0.15, 0.2) is 0 Å². The monoisotopic (exact) mass is 268 g/mol. The molecule has 1 amide bonds. The van der Waals surface area contributed by atoms with Crippen LogP contribution in [0.4, 0.5) is 0 Å². The number of hydrogen-bond donors (Lipinski definition) is 3. The van der Waals surface area contributed by atoms with E-state index in [1.165, 1.54) is 12.5 Å². The molecule has 0 spiro atoms. The van der Waals surface area contributed by atoms with Crippen molar-refractivity contribution in [1.82, 2.24) is 15.1 Å². The molecule has 0 aliphatic carbocycles. The van der Waals surface area contributed by atoms with Crippen LogP contribution in [-0.2, 0) is 17.8 Å². The molecule has 0 fully saturated rings. The van der Waals surface area contributed by atoms with Crippen molar-refractivity contribution in [2.24, 2.45) is 5.73 Å². The maximum atomic E-state index is 11.6. The highest BCUT2D eigenvalue weighted by Crippen LogP contribution is 2.12. The lowest BCUT2D eigenvalue weighted by molar-refractivity contribution is -0.124. The molecule has 108 valence electrons. The molecule has 19 heavy (non-hydrogen) atoms. The third-order valence-electron chi connectivity index (χ3n) is 3.33. The summed E-state index contributed by atoms with van der Waals surface area (Å²) in [5, 5.41) is 16.4. The third kappa shape index (κ3) is 3.78. The number of carbonyl (C=O) groups is 1. The van der Waals surface area contributed by atoms with E-state index in [-0.39, 0.29) is 5.91 Å². The van der Waals surface area contributed by atoms with Crippen LogP contribution in [0.15, 0.2) is 0 Å². The van der Waals surface area contributed by atoms with E-state index in [0.717, 1.165) is 17.8 Å². The van der Waals surface area contributed by atoms with Crippen molar-refractivity contribution in [3.63, 3.8) is 0 Å². The Labute approximate surface area is 114 Å². The number of rotatable bonds is 6. The fourth-order valence-electron chi connectivity index (χ4n) is 2.09. The summed E-state index contributed by atoms with van der Waals surface area (Å²) in [7, 11) is 0. The number of nitrogens with two attached hydrogens (primary N) is 1. The summed E-state index contributed by atoms with van der Waals surface area (Å²) in [5.41, 5.74) is 8.96. The van der Waals surface area contributed by atoms with Crippen LogP contribution in [0.5, 0.6) is 0 Å². The molecule has 0 aromatic carbocycles. The Kier molecular flexibility index (Phi) is 5.50. The van der Waals surface area contributed by atoms with Gasteiger partial charge in [0.05, 0.1) is 18.3 Å². The van der Waals surface area contributed by atoms with Gasteiger partial charge in [-0.1, -0.05) is 6.92 Å². The van der Waals surface area contributed by atoms with Crippen LogP contribution >= 0.6 is 0 Å². The lowest BCUT2D eigenvalue weighted by Crippen LogP contribution is -2.47. The zero-order chi connectivity index (χ0) is 14.6. The molecule has 0 unspecified atom stereocenters. The highest BCUT2D eigenvalue weighted by Gasteiger charge is 2.18. The number of nitrogens with one attached hydrogen (secondary N) is 1. The number of nitrogens with zero attached hydrogens (tertiary/aromatic N) is 2. The number of aliphatic hydroxyl groups is 1. The molecule has 4 N–H and O–H groups in total. The second-order valence-electron chi connectivity index (χ2n) is 4.78. The van der Waals surface area contributed by atoms with Gasteiger partial charge in [0.1, 0.15) is 6.04 Å². The van der Waals surface area contributed by atoms with Crippen LogP contribution in [0.1, 0.15) is 30.8 Å². The van der Waals surface area contributed by atoms with Gasteiger partial charge in [-0.2, -0.15) is 5.10 Å². The first kappa shape index (κ1) is 15.7. The van der Waals surface area contributed by atoms with Crippen LogP contribution in [0.25, 0.3) is 0 Å². The summed E-state index contributed by atoms with van der Waals surface area (Å²) < 4.78 is 1.89. The van der Waals surface area contributed by atoms with Gasteiger partial charge in [0, 0.05) is 12.2 Å². The fraction of sp³-hybridized carbons (Fsp3) is 0.692. The minimum atomic E-state index is -0.883. The Morgan fingerprint density at radius 1 is 1.53 bits per heavy atom. The number of aromatic nitrogens is 2. The second-order valence-corrected chi connectivity index (χ2v) is 4.78. The lowest BCUT2D eigenvalue weighted by Gasteiger charge is -2.14. The summed E-state index contributed by atoms with van der Waals surface area (Å²) >= 11 is 0. The average Bonchev–Trinajstić information content (AvgIpc) is 2.62. The molecule has 1 heterocycles. The largest absolute Gasteiger partial charge is 0.391 e. The number of aliphatic hydroxyl groups excluding tert-OH is 1. The van der Waals surface area contributed by atoms with Gasteiger partial charge in [-0.05, 0) is 32.8 Å². The first-order valence-electron chi connectivity index (χ1n) is 6.62. The molecule has 1 aromatic rings. The highest BCUT2D eigenvalue weighted by molar-refractivity contribution is 5.81. The van der Waals surface area contributed by atoms with Crippen LogP contribution in [0.3, 0.4) is 0 Å². The molecular formula is C13H24N4O2. The molecule has 1 rings (SSSR count). The molecule has 6 nitrogen and oxygen atoms in total. The number of carbonyl (C=O) groups excluding carboxylic acids is 1. The summed E-state index contributed by atoms with van der Waals surface area (Å²) in [6.45, 7) is 8.67. The van der Waals surface area contributed by atoms with E-state index in [0.29, 0.717) is 13.1 Å². The Hall–Kier alpha value is -1.40. The van der Waals surface area contributed by atoms with Crippen LogP contribution in [0.2, 0.25) is 0 Å². The highest BCUT2D eigenvalue weighted by atomic mass is 16.3. The summed E-state index contributed by atoms with van der Waals surface area (Å²) in [5.74, 6) is -0.341. The Balaban J connectivity index is 2.52. The van der Waals surface area contributed by atoms with Crippen molar-refractivity contribution in [3.8, 4) is 0 Å².